The lowest BCUT2D eigenvalue weighted by Gasteiger charge is -2.32. The quantitative estimate of drug-likeness (QED) is 0.901. The molecule has 0 aliphatic carbocycles. The molecule has 4 rings (SSSR count). The van der Waals surface area contributed by atoms with Crippen molar-refractivity contribution in [1.82, 2.24) is 10.2 Å². The Balaban J connectivity index is 1.30. The van der Waals surface area contributed by atoms with E-state index in [9.17, 15) is 14.0 Å². The molecule has 2 aliphatic rings. The first-order valence-corrected chi connectivity index (χ1v) is 9.52. The van der Waals surface area contributed by atoms with Crippen molar-refractivity contribution in [2.45, 2.75) is 31.7 Å². The molecule has 0 bridgehead atoms. The maximum Gasteiger partial charge on any atom is 0.252 e. The van der Waals surface area contributed by atoms with Crippen LogP contribution in [0.25, 0.3) is 0 Å². The average molecular weight is 366 g/mol. The lowest BCUT2D eigenvalue weighted by molar-refractivity contribution is -0.133. The smallest absolute Gasteiger partial charge is 0.252 e. The molecule has 2 aromatic carbocycles. The Morgan fingerprint density at radius 3 is 2.52 bits per heavy atom. The van der Waals surface area contributed by atoms with Gasteiger partial charge in [0.2, 0.25) is 5.91 Å². The Hall–Kier alpha value is -2.69. The molecule has 1 atom stereocenters. The van der Waals surface area contributed by atoms with Crippen molar-refractivity contribution in [2.24, 2.45) is 5.92 Å². The third kappa shape index (κ3) is 3.87. The lowest BCUT2D eigenvalue weighted by Crippen LogP contribution is -2.40. The van der Waals surface area contributed by atoms with E-state index in [0.29, 0.717) is 17.9 Å². The zero-order valence-corrected chi connectivity index (χ0v) is 15.2. The van der Waals surface area contributed by atoms with E-state index in [-0.39, 0.29) is 23.7 Å². The number of likely N-dealkylation sites (tertiary alicyclic amines) is 1. The van der Waals surface area contributed by atoms with E-state index in [2.05, 4.69) is 5.32 Å². The average Bonchev–Trinajstić information content (AvgIpc) is 3.00. The molecular weight excluding hydrogens is 343 g/mol. The van der Waals surface area contributed by atoms with E-state index in [0.717, 1.165) is 43.5 Å². The lowest BCUT2D eigenvalue weighted by atomic mass is 9.90. The minimum Gasteiger partial charge on any atom is -0.345 e. The molecule has 0 saturated carbocycles. The molecular formula is C22H23FN2O2. The molecule has 2 aromatic rings. The Morgan fingerprint density at radius 1 is 1.07 bits per heavy atom. The van der Waals surface area contributed by atoms with Crippen LogP contribution < -0.4 is 5.32 Å². The van der Waals surface area contributed by atoms with Gasteiger partial charge >= 0.3 is 0 Å². The maximum atomic E-state index is 13.0. The van der Waals surface area contributed by atoms with Gasteiger partial charge in [-0.15, -0.1) is 0 Å². The number of halogens is 1. The summed E-state index contributed by atoms with van der Waals surface area (Å²) in [4.78, 5) is 26.6. The van der Waals surface area contributed by atoms with E-state index in [1.807, 2.05) is 35.2 Å². The van der Waals surface area contributed by atoms with Gasteiger partial charge in [0.05, 0.1) is 12.5 Å². The van der Waals surface area contributed by atoms with Crippen LogP contribution in [0.15, 0.2) is 48.5 Å². The molecule has 0 radical (unpaired) electrons. The van der Waals surface area contributed by atoms with E-state index in [1.54, 1.807) is 6.07 Å². The number of piperidine rings is 1. The van der Waals surface area contributed by atoms with Crippen LogP contribution in [0.3, 0.4) is 0 Å². The monoisotopic (exact) mass is 366 g/mol. The van der Waals surface area contributed by atoms with Crippen molar-refractivity contribution >= 4 is 11.8 Å². The summed E-state index contributed by atoms with van der Waals surface area (Å²) < 4.78 is 13.0. The first-order valence-electron chi connectivity index (χ1n) is 9.52. The molecule has 140 valence electrons. The summed E-state index contributed by atoms with van der Waals surface area (Å²) in [7, 11) is 0. The van der Waals surface area contributed by atoms with Gasteiger partial charge in [-0.05, 0) is 54.5 Å². The van der Waals surface area contributed by atoms with Gasteiger partial charge in [0.1, 0.15) is 5.82 Å². The highest BCUT2D eigenvalue weighted by atomic mass is 19.1. The number of fused-ring (bicyclic) bond motifs is 1. The van der Waals surface area contributed by atoms with Gasteiger partial charge in [0, 0.05) is 18.7 Å². The number of nitrogens with zero attached hydrogens (tertiary/aromatic N) is 1. The molecule has 4 nitrogen and oxygen atoms in total. The summed E-state index contributed by atoms with van der Waals surface area (Å²) in [5.74, 6) is 0.310. The highest BCUT2D eigenvalue weighted by molar-refractivity contribution is 5.99. The van der Waals surface area contributed by atoms with Gasteiger partial charge in [-0.1, -0.05) is 30.3 Å². The zero-order valence-electron chi connectivity index (χ0n) is 15.2. The second-order valence-corrected chi connectivity index (χ2v) is 7.47. The second-order valence-electron chi connectivity index (χ2n) is 7.47. The third-order valence-electron chi connectivity index (χ3n) is 5.67. The third-order valence-corrected chi connectivity index (χ3v) is 5.67. The molecule has 1 unspecified atom stereocenters. The summed E-state index contributed by atoms with van der Waals surface area (Å²) in [5, 5.41) is 2.92. The fourth-order valence-corrected chi connectivity index (χ4v) is 4.13. The largest absolute Gasteiger partial charge is 0.345 e. The van der Waals surface area contributed by atoms with Crippen LogP contribution >= 0.6 is 0 Å². The molecule has 5 heteroatoms. The van der Waals surface area contributed by atoms with Crippen molar-refractivity contribution in [3.8, 4) is 0 Å². The van der Waals surface area contributed by atoms with Crippen LogP contribution in [0.1, 0.15) is 46.8 Å². The predicted octanol–water partition coefficient (Wildman–Crippen LogP) is 3.48. The van der Waals surface area contributed by atoms with E-state index in [4.69, 9.17) is 0 Å². The van der Waals surface area contributed by atoms with Crippen molar-refractivity contribution in [1.29, 1.82) is 0 Å². The van der Waals surface area contributed by atoms with Crippen LogP contribution in [0, 0.1) is 11.7 Å². The Labute approximate surface area is 158 Å². The molecule has 2 heterocycles. The number of hydrogen-bond acceptors (Lipinski definition) is 2. The number of nitrogens with one attached hydrogen (secondary N) is 1. The van der Waals surface area contributed by atoms with E-state index < -0.39 is 0 Å². The maximum absolute atomic E-state index is 13.0. The standard InChI is InChI=1S/C22H23FN2O2/c23-17-7-5-15(6-8-17)13-16-9-11-25(12-10-16)21(26)14-20-18-3-1-2-4-19(18)22(27)24-20/h1-8,16,20H,9-14H2,(H,24,27). The molecule has 27 heavy (non-hydrogen) atoms. The number of carbonyl (C=O) groups is 2. The molecule has 2 amide bonds. The number of carbonyl (C=O) groups excluding carboxylic acids is 2. The van der Waals surface area contributed by atoms with Crippen LogP contribution in [0.4, 0.5) is 4.39 Å². The summed E-state index contributed by atoms with van der Waals surface area (Å²) in [6.45, 7) is 1.49. The predicted molar refractivity (Wildman–Crippen MR) is 101 cm³/mol. The first kappa shape index (κ1) is 17.7. The Morgan fingerprint density at radius 2 is 1.78 bits per heavy atom. The molecule has 1 fully saturated rings. The van der Waals surface area contributed by atoms with Gasteiger partial charge in [0.15, 0.2) is 0 Å². The Bertz CT molecular complexity index is 842. The van der Waals surface area contributed by atoms with Gasteiger partial charge in [-0.25, -0.2) is 4.39 Å². The molecule has 1 saturated heterocycles. The van der Waals surface area contributed by atoms with Crippen molar-refractivity contribution < 1.29 is 14.0 Å². The van der Waals surface area contributed by atoms with Crippen LogP contribution in [-0.2, 0) is 11.2 Å². The minimum absolute atomic E-state index is 0.0947. The highest BCUT2D eigenvalue weighted by Gasteiger charge is 2.32. The molecule has 1 N–H and O–H groups in total. The van der Waals surface area contributed by atoms with Gasteiger partial charge in [0.25, 0.3) is 5.91 Å². The Kier molecular flexibility index (Phi) is 4.92. The number of hydrogen-bond donors (Lipinski definition) is 1. The topological polar surface area (TPSA) is 49.4 Å². The summed E-state index contributed by atoms with van der Waals surface area (Å²) in [5.41, 5.74) is 2.74. The fraction of sp³-hybridized carbons (Fsp3) is 0.364. The van der Waals surface area contributed by atoms with Crippen molar-refractivity contribution in [3.05, 3.63) is 71.0 Å². The molecule has 2 aliphatic heterocycles. The SMILES string of the molecule is O=C1NC(CC(=O)N2CCC(Cc3ccc(F)cc3)CC2)c2ccccc21. The van der Waals surface area contributed by atoms with Crippen LogP contribution in [0.5, 0.6) is 0 Å². The summed E-state index contributed by atoms with van der Waals surface area (Å²) >= 11 is 0. The second kappa shape index (κ2) is 7.51. The van der Waals surface area contributed by atoms with Crippen LogP contribution in [-0.4, -0.2) is 29.8 Å². The van der Waals surface area contributed by atoms with Gasteiger partial charge in [-0.2, -0.15) is 0 Å². The highest BCUT2D eigenvalue weighted by Crippen LogP contribution is 2.29. The minimum atomic E-state index is -0.224. The zero-order chi connectivity index (χ0) is 18.8. The van der Waals surface area contributed by atoms with E-state index >= 15 is 0 Å². The molecule has 0 aromatic heterocycles. The van der Waals surface area contributed by atoms with Crippen LogP contribution in [0.2, 0.25) is 0 Å². The number of amides is 2. The first-order chi connectivity index (χ1) is 13.1. The fourth-order valence-electron chi connectivity index (χ4n) is 4.13. The number of rotatable bonds is 4. The van der Waals surface area contributed by atoms with E-state index in [1.165, 1.54) is 12.1 Å². The van der Waals surface area contributed by atoms with Gasteiger partial charge in [-0.3, -0.25) is 9.59 Å². The summed E-state index contributed by atoms with van der Waals surface area (Å²) in [6.07, 6.45) is 3.15. The van der Waals surface area contributed by atoms with Crippen molar-refractivity contribution in [3.63, 3.8) is 0 Å². The summed E-state index contributed by atoms with van der Waals surface area (Å²) in [6, 6.07) is 13.9. The number of benzene rings is 2. The molecule has 0 spiro atoms. The van der Waals surface area contributed by atoms with Crippen molar-refractivity contribution in [2.75, 3.05) is 13.1 Å². The normalized spacial score (nSPS) is 19.7. The van der Waals surface area contributed by atoms with Gasteiger partial charge < -0.3 is 10.2 Å².